The Labute approximate surface area is 105 Å². The van der Waals surface area contributed by atoms with Gasteiger partial charge in [-0.05, 0) is 17.5 Å². The second kappa shape index (κ2) is 4.22. The molecule has 1 atom stereocenters. The van der Waals surface area contributed by atoms with Gasteiger partial charge in [0.15, 0.2) is 5.76 Å². The highest BCUT2D eigenvalue weighted by Crippen LogP contribution is 2.43. The van der Waals surface area contributed by atoms with Crippen molar-refractivity contribution in [2.45, 2.75) is 30.4 Å². The molecule has 1 aromatic heterocycles. The lowest BCUT2D eigenvalue weighted by atomic mass is 9.83. The van der Waals surface area contributed by atoms with Crippen molar-refractivity contribution in [3.05, 3.63) is 47.3 Å². The minimum atomic E-state index is 0.405. The molecule has 0 aliphatic carbocycles. The van der Waals surface area contributed by atoms with E-state index in [0.717, 1.165) is 11.5 Å². The van der Waals surface area contributed by atoms with Gasteiger partial charge in [0.05, 0.1) is 11.9 Å². The molecule has 0 N–H and O–H groups in total. The van der Waals surface area contributed by atoms with E-state index in [1.54, 1.807) is 0 Å². The van der Waals surface area contributed by atoms with Gasteiger partial charge < -0.3 is 4.52 Å². The topological polar surface area (TPSA) is 26.0 Å². The maximum absolute atomic E-state index is 5.38. The SMILES string of the molecule is CC(C)C1c2ccccc2SCc2oncc21. The molecule has 2 aromatic rings. The summed E-state index contributed by atoms with van der Waals surface area (Å²) >= 11 is 1.84. The van der Waals surface area contributed by atoms with Crippen molar-refractivity contribution in [3.8, 4) is 0 Å². The average molecular weight is 245 g/mol. The fourth-order valence-corrected chi connectivity index (χ4v) is 3.58. The summed E-state index contributed by atoms with van der Waals surface area (Å²) in [5.74, 6) is 2.87. The van der Waals surface area contributed by atoms with Gasteiger partial charge in [-0.2, -0.15) is 0 Å². The van der Waals surface area contributed by atoms with Gasteiger partial charge in [-0.15, -0.1) is 11.8 Å². The van der Waals surface area contributed by atoms with Gasteiger partial charge in [-0.1, -0.05) is 37.2 Å². The normalized spacial score (nSPS) is 18.6. The van der Waals surface area contributed by atoms with Crippen LogP contribution in [0, 0.1) is 5.92 Å². The molecule has 0 amide bonds. The van der Waals surface area contributed by atoms with Crippen molar-refractivity contribution in [3.63, 3.8) is 0 Å². The molecule has 1 aromatic carbocycles. The van der Waals surface area contributed by atoms with Crippen LogP contribution >= 0.6 is 11.8 Å². The Morgan fingerprint density at radius 1 is 1.29 bits per heavy atom. The molecule has 0 radical (unpaired) electrons. The molecule has 88 valence electrons. The van der Waals surface area contributed by atoms with Crippen LogP contribution in [0.2, 0.25) is 0 Å². The Morgan fingerprint density at radius 2 is 2.12 bits per heavy atom. The zero-order valence-corrected chi connectivity index (χ0v) is 10.8. The van der Waals surface area contributed by atoms with Crippen LogP contribution in [0.1, 0.15) is 36.7 Å². The Morgan fingerprint density at radius 3 is 2.94 bits per heavy atom. The minimum Gasteiger partial charge on any atom is -0.360 e. The van der Waals surface area contributed by atoms with E-state index in [0.29, 0.717) is 11.8 Å². The quantitative estimate of drug-likeness (QED) is 0.757. The summed E-state index contributed by atoms with van der Waals surface area (Å²) in [6.07, 6.45) is 1.89. The minimum absolute atomic E-state index is 0.405. The third-order valence-electron chi connectivity index (χ3n) is 3.29. The van der Waals surface area contributed by atoms with Crippen LogP contribution in [0.25, 0.3) is 0 Å². The van der Waals surface area contributed by atoms with Crippen LogP contribution in [-0.2, 0) is 5.75 Å². The molecule has 0 fully saturated rings. The van der Waals surface area contributed by atoms with E-state index in [2.05, 4.69) is 43.3 Å². The van der Waals surface area contributed by atoms with Gasteiger partial charge in [0.25, 0.3) is 0 Å². The second-order valence-electron chi connectivity index (χ2n) is 4.75. The maximum Gasteiger partial charge on any atom is 0.150 e. The van der Waals surface area contributed by atoms with Crippen molar-refractivity contribution in [2.75, 3.05) is 0 Å². The zero-order chi connectivity index (χ0) is 11.8. The molecule has 17 heavy (non-hydrogen) atoms. The van der Waals surface area contributed by atoms with Crippen molar-refractivity contribution in [1.82, 2.24) is 5.16 Å². The zero-order valence-electron chi connectivity index (χ0n) is 10.0. The lowest BCUT2D eigenvalue weighted by Gasteiger charge is -2.20. The molecular formula is C14H15NOS. The lowest BCUT2D eigenvalue weighted by molar-refractivity contribution is 0.392. The molecule has 0 saturated carbocycles. The summed E-state index contributed by atoms with van der Waals surface area (Å²) in [5.41, 5.74) is 2.67. The predicted octanol–water partition coefficient (Wildman–Crippen LogP) is 4.07. The third kappa shape index (κ3) is 1.78. The van der Waals surface area contributed by atoms with E-state index in [1.165, 1.54) is 16.0 Å². The van der Waals surface area contributed by atoms with Crippen LogP contribution in [0.5, 0.6) is 0 Å². The fourth-order valence-electron chi connectivity index (χ4n) is 2.53. The molecule has 2 nitrogen and oxygen atoms in total. The Hall–Kier alpha value is -1.22. The number of rotatable bonds is 1. The molecule has 3 rings (SSSR count). The maximum atomic E-state index is 5.38. The number of aromatic nitrogens is 1. The lowest BCUT2D eigenvalue weighted by Crippen LogP contribution is -2.08. The van der Waals surface area contributed by atoms with E-state index in [4.69, 9.17) is 4.52 Å². The van der Waals surface area contributed by atoms with Crippen LogP contribution in [-0.4, -0.2) is 5.16 Å². The summed E-state index contributed by atoms with van der Waals surface area (Å²) < 4.78 is 5.38. The number of hydrogen-bond acceptors (Lipinski definition) is 3. The van der Waals surface area contributed by atoms with Gasteiger partial charge in [0.2, 0.25) is 0 Å². The molecule has 0 spiro atoms. The summed E-state index contributed by atoms with van der Waals surface area (Å²) in [7, 11) is 0. The molecular weight excluding hydrogens is 230 g/mol. The molecule has 2 heterocycles. The van der Waals surface area contributed by atoms with Gasteiger partial charge in [-0.25, -0.2) is 0 Å². The summed E-state index contributed by atoms with van der Waals surface area (Å²) in [5, 5.41) is 3.96. The Bertz CT molecular complexity index is 533. The highest BCUT2D eigenvalue weighted by Gasteiger charge is 2.28. The van der Waals surface area contributed by atoms with E-state index < -0.39 is 0 Å². The first-order valence-electron chi connectivity index (χ1n) is 5.92. The highest BCUT2D eigenvalue weighted by molar-refractivity contribution is 7.98. The number of fused-ring (bicyclic) bond motifs is 2. The predicted molar refractivity (Wildman–Crippen MR) is 69.2 cm³/mol. The van der Waals surface area contributed by atoms with Crippen molar-refractivity contribution < 1.29 is 4.52 Å². The van der Waals surface area contributed by atoms with Crippen molar-refractivity contribution in [1.29, 1.82) is 0 Å². The standard InChI is InChI=1S/C14H15NOS/c1-9(2)14-10-5-3-4-6-13(10)17-8-12-11(14)7-15-16-12/h3-7,9,14H,8H2,1-2H3. The summed E-state index contributed by atoms with van der Waals surface area (Å²) in [4.78, 5) is 1.37. The van der Waals surface area contributed by atoms with Gasteiger partial charge >= 0.3 is 0 Å². The molecule has 3 heteroatoms. The van der Waals surface area contributed by atoms with E-state index in [-0.39, 0.29) is 0 Å². The van der Waals surface area contributed by atoms with E-state index in [1.807, 2.05) is 18.0 Å². The molecule has 1 aliphatic heterocycles. The number of nitrogens with zero attached hydrogens (tertiary/aromatic N) is 1. The number of hydrogen-bond donors (Lipinski definition) is 0. The Balaban J connectivity index is 2.19. The molecule has 0 bridgehead atoms. The first-order chi connectivity index (χ1) is 8.27. The number of benzene rings is 1. The smallest absolute Gasteiger partial charge is 0.150 e. The number of thioether (sulfide) groups is 1. The fraction of sp³-hybridized carbons (Fsp3) is 0.357. The summed E-state index contributed by atoms with van der Waals surface area (Å²) in [6, 6.07) is 8.66. The van der Waals surface area contributed by atoms with Crippen LogP contribution in [0.3, 0.4) is 0 Å². The molecule has 0 saturated heterocycles. The largest absolute Gasteiger partial charge is 0.360 e. The van der Waals surface area contributed by atoms with E-state index >= 15 is 0 Å². The summed E-state index contributed by atoms with van der Waals surface area (Å²) in [6.45, 7) is 4.52. The molecule has 1 aliphatic rings. The van der Waals surface area contributed by atoms with Crippen molar-refractivity contribution >= 4 is 11.8 Å². The highest BCUT2D eigenvalue weighted by atomic mass is 32.2. The average Bonchev–Trinajstić information content (AvgIpc) is 2.70. The van der Waals surface area contributed by atoms with Gasteiger partial charge in [0.1, 0.15) is 0 Å². The first-order valence-corrected chi connectivity index (χ1v) is 6.91. The van der Waals surface area contributed by atoms with Crippen LogP contribution in [0.15, 0.2) is 39.9 Å². The second-order valence-corrected chi connectivity index (χ2v) is 5.77. The van der Waals surface area contributed by atoms with Crippen LogP contribution < -0.4 is 0 Å². The van der Waals surface area contributed by atoms with Crippen LogP contribution in [0.4, 0.5) is 0 Å². The van der Waals surface area contributed by atoms with E-state index in [9.17, 15) is 0 Å². The monoisotopic (exact) mass is 245 g/mol. The van der Waals surface area contributed by atoms with Gasteiger partial charge in [-0.3, -0.25) is 0 Å². The molecule has 1 unspecified atom stereocenters. The van der Waals surface area contributed by atoms with Crippen molar-refractivity contribution in [2.24, 2.45) is 5.92 Å². The third-order valence-corrected chi connectivity index (χ3v) is 4.38. The first kappa shape index (κ1) is 10.9. The van der Waals surface area contributed by atoms with Gasteiger partial charge in [0, 0.05) is 16.4 Å². The Kier molecular flexibility index (Phi) is 2.71.